The summed E-state index contributed by atoms with van der Waals surface area (Å²) in [6, 6.07) is 0. The SMILES string of the molecule is O=P(O)(O)O.[Na+].[O-]O. The summed E-state index contributed by atoms with van der Waals surface area (Å²) in [6.45, 7) is 0. The second kappa shape index (κ2) is 8.03. The van der Waals surface area contributed by atoms with Crippen molar-refractivity contribution < 1.29 is 59.3 Å². The molecule has 0 aromatic heterocycles. The quantitative estimate of drug-likeness (QED) is 0.120. The van der Waals surface area contributed by atoms with Crippen LogP contribution in [0, 0.1) is 0 Å². The molecule has 8 heteroatoms. The van der Waals surface area contributed by atoms with E-state index in [0.717, 1.165) is 0 Å². The van der Waals surface area contributed by atoms with Crippen LogP contribution in [0.5, 0.6) is 0 Å². The zero-order valence-corrected chi connectivity index (χ0v) is 6.95. The van der Waals surface area contributed by atoms with Crippen molar-refractivity contribution >= 4 is 7.82 Å². The van der Waals surface area contributed by atoms with Gasteiger partial charge in [-0.2, -0.15) is 0 Å². The first-order valence-corrected chi connectivity index (χ1v) is 2.53. The van der Waals surface area contributed by atoms with Gasteiger partial charge in [-0.1, -0.05) is 0 Å². The predicted octanol–water partition coefficient (Wildman–Crippen LogP) is -5.10. The van der Waals surface area contributed by atoms with Crippen molar-refractivity contribution in [3.63, 3.8) is 0 Å². The van der Waals surface area contributed by atoms with Crippen molar-refractivity contribution in [2.75, 3.05) is 0 Å². The summed E-state index contributed by atoms with van der Waals surface area (Å²) in [7, 11) is -4.64. The summed E-state index contributed by atoms with van der Waals surface area (Å²) in [5.41, 5.74) is 0. The van der Waals surface area contributed by atoms with Crippen LogP contribution in [0.25, 0.3) is 0 Å². The fourth-order valence-electron chi connectivity index (χ4n) is 0. The first-order valence-electron chi connectivity index (χ1n) is 0.965. The fraction of sp³-hybridized carbons (Fsp3) is 0. The van der Waals surface area contributed by atoms with Gasteiger partial charge in [0.15, 0.2) is 0 Å². The monoisotopic (exact) mass is 154 g/mol. The van der Waals surface area contributed by atoms with Crippen LogP contribution in [-0.4, -0.2) is 19.9 Å². The van der Waals surface area contributed by atoms with Crippen molar-refractivity contribution in [1.82, 2.24) is 0 Å². The third kappa shape index (κ3) is 241. The molecule has 0 saturated heterocycles. The van der Waals surface area contributed by atoms with Gasteiger partial charge in [-0.25, -0.2) is 4.57 Å². The first kappa shape index (κ1) is 16.0. The molecule has 0 saturated carbocycles. The van der Waals surface area contributed by atoms with E-state index >= 15 is 0 Å². The molecule has 0 aliphatic carbocycles. The largest absolute Gasteiger partial charge is 1.00 e. The van der Waals surface area contributed by atoms with E-state index in [1.807, 2.05) is 0 Å². The van der Waals surface area contributed by atoms with E-state index in [1.54, 1.807) is 0 Å². The molecule has 0 heterocycles. The molecule has 0 aliphatic rings. The third-order valence-corrected chi connectivity index (χ3v) is 0. The van der Waals surface area contributed by atoms with Gasteiger partial charge in [0.05, 0.1) is 0 Å². The second-order valence-corrected chi connectivity index (χ2v) is 1.54. The molecule has 0 aromatic carbocycles. The molecule has 4 N–H and O–H groups in total. The standard InChI is InChI=1S/Na.H3O4P.H2O2/c;1-5(2,3)4;1-2/h;(H3,1,2,3,4);1-2H/q+1;;/p-1. The molecule has 0 rings (SSSR count). The van der Waals surface area contributed by atoms with Gasteiger partial charge in [-0.05, 0) is 0 Å². The number of rotatable bonds is 0. The molecule has 0 radical (unpaired) electrons. The molecule has 0 unspecified atom stereocenters. The molecular formula is H4NaO6P. The number of hydrogen-bond acceptors (Lipinski definition) is 3. The Labute approximate surface area is 67.2 Å². The van der Waals surface area contributed by atoms with Crippen molar-refractivity contribution in [2.24, 2.45) is 0 Å². The Morgan fingerprint density at radius 2 is 1.12 bits per heavy atom. The topological polar surface area (TPSA) is 121 Å². The zero-order valence-electron chi connectivity index (χ0n) is 4.05. The van der Waals surface area contributed by atoms with Gasteiger partial charge in [0.25, 0.3) is 0 Å². The summed E-state index contributed by atoms with van der Waals surface area (Å²) in [4.78, 5) is 21.6. The Morgan fingerprint density at radius 1 is 1.12 bits per heavy atom. The average molecular weight is 154 g/mol. The molecule has 0 bridgehead atoms. The minimum Gasteiger partial charge on any atom is -0.727 e. The minimum atomic E-state index is -4.64. The zero-order chi connectivity index (χ0) is 6.50. The predicted molar refractivity (Wildman–Crippen MR) is 16.9 cm³/mol. The normalized spacial score (nSPS) is 8.12. The minimum absolute atomic E-state index is 0. The molecule has 0 amide bonds. The van der Waals surface area contributed by atoms with Crippen molar-refractivity contribution in [3.8, 4) is 0 Å². The Hall–Kier alpha value is 1.03. The Bertz CT molecular complexity index is 54.7. The fourth-order valence-corrected chi connectivity index (χ4v) is 0. The van der Waals surface area contributed by atoms with E-state index < -0.39 is 7.82 Å². The molecule has 0 aromatic rings. The van der Waals surface area contributed by atoms with Crippen LogP contribution in [0.15, 0.2) is 0 Å². The van der Waals surface area contributed by atoms with Gasteiger partial charge in [0.2, 0.25) is 0 Å². The Kier molecular flexibility index (Phi) is 16.1. The molecule has 0 spiro atoms. The summed E-state index contributed by atoms with van der Waals surface area (Å²) < 4.78 is 8.88. The molecule has 8 heavy (non-hydrogen) atoms. The molecule has 0 atom stereocenters. The average Bonchev–Trinajstić information content (AvgIpc) is 1.36. The van der Waals surface area contributed by atoms with Crippen molar-refractivity contribution in [1.29, 1.82) is 0 Å². The smallest absolute Gasteiger partial charge is 0.727 e. The maximum absolute atomic E-state index is 8.88. The van der Waals surface area contributed by atoms with Gasteiger partial charge in [-0.3, -0.25) is 0 Å². The maximum Gasteiger partial charge on any atom is 1.00 e. The molecule has 6 nitrogen and oxygen atoms in total. The van der Waals surface area contributed by atoms with E-state index in [4.69, 9.17) is 29.8 Å². The van der Waals surface area contributed by atoms with Gasteiger partial charge in [0.1, 0.15) is 0 Å². The molecule has 46 valence electrons. The summed E-state index contributed by atoms with van der Waals surface area (Å²) in [5.74, 6) is 0. The van der Waals surface area contributed by atoms with E-state index in [0.29, 0.717) is 0 Å². The molecule has 0 aliphatic heterocycles. The van der Waals surface area contributed by atoms with Crippen LogP contribution in [0.3, 0.4) is 0 Å². The van der Waals surface area contributed by atoms with Crippen molar-refractivity contribution in [2.45, 2.75) is 0 Å². The number of hydrogen-bond donors (Lipinski definition) is 4. The van der Waals surface area contributed by atoms with Gasteiger partial charge >= 0.3 is 37.4 Å². The summed E-state index contributed by atoms with van der Waals surface area (Å²) >= 11 is 0. The first-order chi connectivity index (χ1) is 3.00. The van der Waals surface area contributed by atoms with Gasteiger partial charge < -0.3 is 25.2 Å². The molecule has 0 fully saturated rings. The van der Waals surface area contributed by atoms with Crippen LogP contribution < -0.4 is 34.8 Å². The Morgan fingerprint density at radius 3 is 1.12 bits per heavy atom. The summed E-state index contributed by atoms with van der Waals surface area (Å²) in [5, 5.41) is 13.0. The van der Waals surface area contributed by atoms with Crippen molar-refractivity contribution in [3.05, 3.63) is 0 Å². The van der Waals surface area contributed by atoms with E-state index in [2.05, 4.69) is 0 Å². The van der Waals surface area contributed by atoms with E-state index in [1.165, 1.54) is 0 Å². The molecular weight excluding hydrogens is 150 g/mol. The van der Waals surface area contributed by atoms with E-state index in [9.17, 15) is 0 Å². The Balaban J connectivity index is -0.0000000750. The second-order valence-electron chi connectivity index (χ2n) is 0.513. The van der Waals surface area contributed by atoms with E-state index in [-0.39, 0.29) is 29.6 Å². The number of phosphoric acid groups is 1. The maximum atomic E-state index is 8.88. The summed E-state index contributed by atoms with van der Waals surface area (Å²) in [6.07, 6.45) is 0. The van der Waals surface area contributed by atoms with Crippen LogP contribution in [0.1, 0.15) is 0 Å². The van der Waals surface area contributed by atoms with Gasteiger partial charge in [0, 0.05) is 0 Å². The van der Waals surface area contributed by atoms with Crippen LogP contribution >= 0.6 is 7.82 Å². The van der Waals surface area contributed by atoms with Crippen LogP contribution in [-0.2, 0) is 4.57 Å². The third-order valence-electron chi connectivity index (χ3n) is 0. The van der Waals surface area contributed by atoms with Gasteiger partial charge in [-0.15, -0.1) is 0 Å². The van der Waals surface area contributed by atoms with Crippen LogP contribution in [0.2, 0.25) is 0 Å². The van der Waals surface area contributed by atoms with Crippen LogP contribution in [0.4, 0.5) is 0 Å².